The number of aromatic nitrogens is 4. The van der Waals surface area contributed by atoms with Crippen LogP contribution in [-0.4, -0.2) is 104 Å². The topological polar surface area (TPSA) is 221 Å². The molecule has 1 unspecified atom stereocenters. The zero-order valence-corrected chi connectivity index (χ0v) is 33.3. The number of carbonyl (C=O) groups is 6. The number of anilines is 1. The van der Waals surface area contributed by atoms with Gasteiger partial charge in [0, 0.05) is 54.4 Å². The summed E-state index contributed by atoms with van der Waals surface area (Å²) in [5, 5.41) is 22.5. The van der Waals surface area contributed by atoms with Crippen LogP contribution in [-0.2, 0) is 39.2 Å². The summed E-state index contributed by atoms with van der Waals surface area (Å²) in [7, 11) is 2.00. The number of carbonyl (C=O) groups excluding carboxylic acids is 6. The minimum Gasteiger partial charge on any atom is -0.355 e. The van der Waals surface area contributed by atoms with Crippen molar-refractivity contribution in [3.8, 4) is 11.3 Å². The van der Waals surface area contributed by atoms with Gasteiger partial charge in [-0.3, -0.25) is 43.7 Å². The summed E-state index contributed by atoms with van der Waals surface area (Å²) in [6.07, 6.45) is 13.0. The maximum Gasteiger partial charge on any atom is 0.272 e. The molecule has 4 aliphatic rings. The molecule has 0 radical (unpaired) electrons. The lowest BCUT2D eigenvalue weighted by Gasteiger charge is -2.29. The van der Waals surface area contributed by atoms with Gasteiger partial charge in [0.05, 0.1) is 37.1 Å². The fraction of sp³-hybridized carbons (Fsp3) is 0.564. The summed E-state index contributed by atoms with van der Waals surface area (Å²) in [4.78, 5) is 85.7. The number of hydrogen-bond acceptors (Lipinski definition) is 13. The molecule has 7 rings (SSSR count). The Morgan fingerprint density at radius 2 is 1.65 bits per heavy atom. The van der Waals surface area contributed by atoms with Gasteiger partial charge in [-0.05, 0) is 95.2 Å². The fourth-order valence-electron chi connectivity index (χ4n) is 7.65. The normalized spacial score (nSPS) is 20.7. The molecule has 0 spiro atoms. The van der Waals surface area contributed by atoms with Crippen LogP contribution in [0.5, 0.6) is 0 Å². The molecule has 6 amide bonds. The lowest BCUT2D eigenvalue weighted by molar-refractivity contribution is -0.136. The van der Waals surface area contributed by atoms with Gasteiger partial charge in [0.25, 0.3) is 11.8 Å². The van der Waals surface area contributed by atoms with Crippen molar-refractivity contribution in [3.05, 3.63) is 45.0 Å². The zero-order valence-electron chi connectivity index (χ0n) is 32.4. The fourth-order valence-corrected chi connectivity index (χ4v) is 8.67. The highest BCUT2D eigenvalue weighted by molar-refractivity contribution is 7.14. The maximum atomic E-state index is 12.9. The molecule has 17 nitrogen and oxygen atoms in total. The van der Waals surface area contributed by atoms with Crippen LogP contribution in [0.25, 0.3) is 11.3 Å². The SMILES string of the molecule is Cc1cnc(NC2CCC(NCC(=O)NCCCCNCC(=O)NCc3cc4c(s3)C(=O)N(C3CCC(=O)NC3=O)C4=O)CC2)nc1-c1cnn(C)c1CC1CC1. The lowest BCUT2D eigenvalue weighted by atomic mass is 9.91. The molecule has 5 heterocycles. The van der Waals surface area contributed by atoms with E-state index in [1.807, 2.05) is 31.0 Å². The molecular weight excluding hydrogens is 751 g/mol. The van der Waals surface area contributed by atoms with E-state index in [-0.39, 0.29) is 66.8 Å². The van der Waals surface area contributed by atoms with Gasteiger partial charge in [0.15, 0.2) is 0 Å². The van der Waals surface area contributed by atoms with E-state index in [9.17, 15) is 28.8 Å². The van der Waals surface area contributed by atoms with Crippen molar-refractivity contribution in [2.45, 2.75) is 102 Å². The second kappa shape index (κ2) is 18.0. The van der Waals surface area contributed by atoms with Crippen molar-refractivity contribution in [2.75, 3.05) is 31.5 Å². The lowest BCUT2D eigenvalue weighted by Crippen LogP contribution is -2.54. The van der Waals surface area contributed by atoms with Crippen LogP contribution < -0.4 is 31.9 Å². The van der Waals surface area contributed by atoms with Gasteiger partial charge in [0.1, 0.15) is 10.9 Å². The number of nitrogens with zero attached hydrogens (tertiary/aromatic N) is 5. The number of piperidine rings is 1. The van der Waals surface area contributed by atoms with Gasteiger partial charge in [0.2, 0.25) is 29.6 Å². The molecule has 1 atom stereocenters. The highest BCUT2D eigenvalue weighted by Gasteiger charge is 2.46. The molecular formula is C39H51N11O6S. The number of unbranched alkanes of at least 4 members (excludes halogenated alkanes) is 1. The minimum absolute atomic E-state index is 0.0359. The predicted octanol–water partition coefficient (Wildman–Crippen LogP) is 1.72. The molecule has 2 saturated carbocycles. The Morgan fingerprint density at radius 3 is 2.40 bits per heavy atom. The van der Waals surface area contributed by atoms with Crippen LogP contribution in [0.3, 0.4) is 0 Å². The third kappa shape index (κ3) is 9.91. The summed E-state index contributed by atoms with van der Waals surface area (Å²) in [5.41, 5.74) is 4.52. The largest absolute Gasteiger partial charge is 0.355 e. The third-order valence-corrected chi connectivity index (χ3v) is 12.2. The van der Waals surface area contributed by atoms with Crippen LogP contribution >= 0.6 is 11.3 Å². The molecule has 0 bridgehead atoms. The van der Waals surface area contributed by atoms with Crippen molar-refractivity contribution < 1.29 is 28.8 Å². The summed E-state index contributed by atoms with van der Waals surface area (Å²) in [6, 6.07) is 1.11. The van der Waals surface area contributed by atoms with Gasteiger partial charge in [-0.25, -0.2) is 9.97 Å². The average molecular weight is 802 g/mol. The van der Waals surface area contributed by atoms with E-state index in [2.05, 4.69) is 42.0 Å². The van der Waals surface area contributed by atoms with Crippen LogP contribution in [0, 0.1) is 12.8 Å². The van der Waals surface area contributed by atoms with E-state index in [0.29, 0.717) is 23.9 Å². The van der Waals surface area contributed by atoms with Gasteiger partial charge in [-0.15, -0.1) is 11.3 Å². The average Bonchev–Trinajstić information content (AvgIpc) is 3.73. The number of fused-ring (bicyclic) bond motifs is 1. The molecule has 0 aromatic carbocycles. The van der Waals surface area contributed by atoms with Gasteiger partial charge in [-0.1, -0.05) is 0 Å². The second-order valence-corrected chi connectivity index (χ2v) is 16.6. The standard InChI is InChI=1S/C39H51N11O6S/c1-22-17-44-39(48-34(22)28-19-45-49(2)30(28)15-23-5-6-23)46-25-9-7-24(8-10-25)42-21-33(53)41-14-4-3-13-40-20-32(52)43-18-26-16-27-35(57-26)38(56)50(37(27)55)29-11-12-31(51)47-36(29)54/h16-17,19,23-25,29,40,42H,3-15,18,20-21H2,1-2H3,(H,41,53)(H,43,52)(H,44,46,48)(H,47,51,54). The van der Waals surface area contributed by atoms with Gasteiger partial charge < -0.3 is 26.6 Å². The first-order valence-electron chi connectivity index (χ1n) is 20.0. The van der Waals surface area contributed by atoms with Crippen molar-refractivity contribution in [3.63, 3.8) is 0 Å². The Labute approximate surface area is 334 Å². The summed E-state index contributed by atoms with van der Waals surface area (Å²) < 4.78 is 1.98. The number of thiophene rings is 1. The number of aryl methyl sites for hydroxylation is 2. The van der Waals surface area contributed by atoms with E-state index in [0.717, 1.165) is 83.9 Å². The third-order valence-electron chi connectivity index (χ3n) is 11.1. The van der Waals surface area contributed by atoms with Crippen LogP contribution in [0.2, 0.25) is 0 Å². The molecule has 2 aliphatic carbocycles. The van der Waals surface area contributed by atoms with Gasteiger partial charge in [-0.2, -0.15) is 5.10 Å². The molecule has 1 saturated heterocycles. The molecule has 3 aromatic rings. The van der Waals surface area contributed by atoms with Crippen molar-refractivity contribution in [2.24, 2.45) is 13.0 Å². The smallest absolute Gasteiger partial charge is 0.272 e. The highest BCUT2D eigenvalue weighted by atomic mass is 32.1. The zero-order chi connectivity index (χ0) is 40.1. The molecule has 6 N–H and O–H groups in total. The number of hydrogen-bond donors (Lipinski definition) is 6. The summed E-state index contributed by atoms with van der Waals surface area (Å²) in [5.74, 6) is -1.07. The maximum absolute atomic E-state index is 12.9. The molecule has 57 heavy (non-hydrogen) atoms. The Morgan fingerprint density at radius 1 is 0.895 bits per heavy atom. The van der Waals surface area contributed by atoms with Crippen LogP contribution in [0.1, 0.15) is 100 Å². The van der Waals surface area contributed by atoms with E-state index in [1.165, 1.54) is 18.5 Å². The molecule has 18 heteroatoms. The Balaban J connectivity index is 0.722. The molecule has 304 valence electrons. The molecule has 2 aliphatic heterocycles. The molecule has 3 fully saturated rings. The molecule has 3 aromatic heterocycles. The monoisotopic (exact) mass is 801 g/mol. The quantitative estimate of drug-likeness (QED) is 0.0800. The van der Waals surface area contributed by atoms with Crippen LogP contribution in [0.4, 0.5) is 5.95 Å². The minimum atomic E-state index is -1.00. The van der Waals surface area contributed by atoms with Crippen LogP contribution in [0.15, 0.2) is 18.5 Å². The Kier molecular flexibility index (Phi) is 12.7. The van der Waals surface area contributed by atoms with Crippen molar-refractivity contribution in [1.29, 1.82) is 0 Å². The number of imide groups is 2. The number of nitrogens with one attached hydrogen (secondary N) is 6. The summed E-state index contributed by atoms with van der Waals surface area (Å²) in [6.45, 7) is 3.73. The second-order valence-electron chi connectivity index (χ2n) is 15.5. The number of amides is 6. The number of rotatable bonds is 18. The first-order valence-corrected chi connectivity index (χ1v) is 20.8. The summed E-state index contributed by atoms with van der Waals surface area (Å²) >= 11 is 1.11. The van der Waals surface area contributed by atoms with E-state index in [4.69, 9.17) is 4.98 Å². The van der Waals surface area contributed by atoms with Crippen molar-refractivity contribution in [1.82, 2.24) is 51.2 Å². The van der Waals surface area contributed by atoms with Crippen molar-refractivity contribution >= 4 is 52.7 Å². The first-order chi connectivity index (χ1) is 27.5. The van der Waals surface area contributed by atoms with E-state index >= 15 is 0 Å². The Hall–Kier alpha value is -5.07. The first kappa shape index (κ1) is 40.1. The Bertz CT molecular complexity index is 1980. The predicted molar refractivity (Wildman–Crippen MR) is 211 cm³/mol. The van der Waals surface area contributed by atoms with E-state index < -0.39 is 29.7 Å². The van der Waals surface area contributed by atoms with E-state index in [1.54, 1.807) is 6.07 Å². The highest BCUT2D eigenvalue weighted by Crippen LogP contribution is 2.36. The van der Waals surface area contributed by atoms with Gasteiger partial charge >= 0.3 is 0 Å².